The van der Waals surface area contributed by atoms with E-state index in [1.807, 2.05) is 6.08 Å². The summed E-state index contributed by atoms with van der Waals surface area (Å²) in [5, 5.41) is 3.54. The van der Waals surface area contributed by atoms with Gasteiger partial charge in [-0.2, -0.15) is 0 Å². The fourth-order valence-corrected chi connectivity index (χ4v) is 1.99. The predicted octanol–water partition coefficient (Wildman–Crippen LogP) is 3.44. The molecule has 0 aromatic heterocycles. The van der Waals surface area contributed by atoms with Gasteiger partial charge in [-0.15, -0.1) is 6.58 Å². The highest BCUT2D eigenvalue weighted by Crippen LogP contribution is 2.08. The Morgan fingerprint density at radius 3 is 2.47 bits per heavy atom. The van der Waals surface area contributed by atoms with Crippen LogP contribution in [0.3, 0.4) is 0 Å². The second kappa shape index (κ2) is 8.71. The van der Waals surface area contributed by atoms with Gasteiger partial charge in [0, 0.05) is 18.1 Å². The van der Waals surface area contributed by atoms with E-state index in [0.717, 1.165) is 13.1 Å². The molecule has 0 aromatic rings. The van der Waals surface area contributed by atoms with Crippen molar-refractivity contribution >= 4 is 0 Å². The van der Waals surface area contributed by atoms with E-state index in [2.05, 4.69) is 51.4 Å². The Hall–Kier alpha value is -0.340. The van der Waals surface area contributed by atoms with Crippen LogP contribution in [0.5, 0.6) is 0 Å². The lowest BCUT2D eigenvalue weighted by Gasteiger charge is -2.28. The van der Waals surface area contributed by atoms with Crippen LogP contribution < -0.4 is 5.32 Å². The van der Waals surface area contributed by atoms with E-state index in [9.17, 15) is 0 Å². The van der Waals surface area contributed by atoms with Gasteiger partial charge in [-0.1, -0.05) is 13.0 Å². The topological polar surface area (TPSA) is 15.3 Å². The monoisotopic (exact) mass is 240 g/mol. The molecule has 0 aromatic carbocycles. The molecule has 0 aliphatic heterocycles. The summed E-state index contributed by atoms with van der Waals surface area (Å²) in [7, 11) is 0. The lowest BCUT2D eigenvalue weighted by molar-refractivity contribution is 0.217. The van der Waals surface area contributed by atoms with Crippen LogP contribution in [0.4, 0.5) is 0 Å². The third-order valence-electron chi connectivity index (χ3n) is 2.95. The summed E-state index contributed by atoms with van der Waals surface area (Å²) >= 11 is 0. The predicted molar refractivity (Wildman–Crippen MR) is 78.5 cm³/mol. The van der Waals surface area contributed by atoms with Gasteiger partial charge < -0.3 is 5.32 Å². The molecule has 1 atom stereocenters. The van der Waals surface area contributed by atoms with Crippen LogP contribution in [0.15, 0.2) is 12.7 Å². The van der Waals surface area contributed by atoms with Crippen LogP contribution in [0.1, 0.15) is 53.9 Å². The summed E-state index contributed by atoms with van der Waals surface area (Å²) in [4.78, 5) is 2.52. The van der Waals surface area contributed by atoms with Gasteiger partial charge in [0.05, 0.1) is 0 Å². The van der Waals surface area contributed by atoms with E-state index < -0.39 is 0 Å². The molecule has 0 bridgehead atoms. The zero-order valence-electron chi connectivity index (χ0n) is 12.6. The quantitative estimate of drug-likeness (QED) is 0.490. The molecule has 102 valence electrons. The average molecular weight is 240 g/mol. The number of nitrogens with one attached hydrogen (secondary N) is 1. The van der Waals surface area contributed by atoms with Crippen molar-refractivity contribution in [3.05, 3.63) is 12.7 Å². The molecular formula is C15H32N2. The Labute approximate surface area is 108 Å². The Kier molecular flexibility index (Phi) is 8.53. The van der Waals surface area contributed by atoms with E-state index in [-0.39, 0.29) is 5.54 Å². The highest BCUT2D eigenvalue weighted by atomic mass is 15.1. The van der Waals surface area contributed by atoms with Crippen molar-refractivity contribution in [2.45, 2.75) is 65.5 Å². The first-order valence-electron chi connectivity index (χ1n) is 7.00. The van der Waals surface area contributed by atoms with Gasteiger partial charge in [-0.05, 0) is 60.0 Å². The lowest BCUT2D eigenvalue weighted by Crippen LogP contribution is -2.38. The molecule has 0 saturated heterocycles. The molecule has 2 nitrogen and oxygen atoms in total. The zero-order chi connectivity index (χ0) is 13.3. The molecular weight excluding hydrogens is 208 g/mol. The van der Waals surface area contributed by atoms with Crippen molar-refractivity contribution in [3.8, 4) is 0 Å². The molecule has 0 radical (unpaired) electrons. The summed E-state index contributed by atoms with van der Waals surface area (Å²) in [5.41, 5.74) is 0.244. The second-order valence-corrected chi connectivity index (χ2v) is 5.95. The molecule has 0 aliphatic rings. The maximum Gasteiger partial charge on any atom is 0.0163 e. The Morgan fingerprint density at radius 1 is 1.35 bits per heavy atom. The van der Waals surface area contributed by atoms with E-state index in [4.69, 9.17) is 0 Å². The van der Waals surface area contributed by atoms with E-state index in [0.29, 0.717) is 6.04 Å². The molecule has 0 amide bonds. The summed E-state index contributed by atoms with van der Waals surface area (Å²) in [5.74, 6) is 0. The summed E-state index contributed by atoms with van der Waals surface area (Å²) in [6, 6.07) is 0.662. The SMILES string of the molecule is C=CCN(CCC)C(C)CCCNC(C)(C)C. The smallest absolute Gasteiger partial charge is 0.0163 e. The van der Waals surface area contributed by atoms with Crippen molar-refractivity contribution in [2.75, 3.05) is 19.6 Å². The first-order valence-corrected chi connectivity index (χ1v) is 7.00. The van der Waals surface area contributed by atoms with Crippen LogP contribution in [-0.4, -0.2) is 36.1 Å². The van der Waals surface area contributed by atoms with E-state index in [1.165, 1.54) is 25.8 Å². The van der Waals surface area contributed by atoms with Crippen molar-refractivity contribution in [1.29, 1.82) is 0 Å². The number of hydrogen-bond donors (Lipinski definition) is 1. The Bertz CT molecular complexity index is 194. The summed E-state index contributed by atoms with van der Waals surface area (Å²) in [6.45, 7) is 18.4. The molecule has 1 unspecified atom stereocenters. The molecule has 1 N–H and O–H groups in total. The van der Waals surface area contributed by atoms with Gasteiger partial charge in [0.15, 0.2) is 0 Å². The normalized spacial score (nSPS) is 14.0. The molecule has 0 spiro atoms. The maximum atomic E-state index is 3.84. The molecule has 0 saturated carbocycles. The summed E-state index contributed by atoms with van der Waals surface area (Å²) < 4.78 is 0. The minimum Gasteiger partial charge on any atom is -0.312 e. The lowest BCUT2D eigenvalue weighted by atomic mass is 10.1. The highest BCUT2D eigenvalue weighted by Gasteiger charge is 2.12. The van der Waals surface area contributed by atoms with Crippen LogP contribution in [-0.2, 0) is 0 Å². The number of hydrogen-bond acceptors (Lipinski definition) is 2. The minimum absolute atomic E-state index is 0.244. The minimum atomic E-state index is 0.244. The zero-order valence-corrected chi connectivity index (χ0v) is 12.6. The van der Waals surface area contributed by atoms with Crippen molar-refractivity contribution in [2.24, 2.45) is 0 Å². The summed E-state index contributed by atoms with van der Waals surface area (Å²) in [6.07, 6.45) is 5.74. The number of nitrogens with zero attached hydrogens (tertiary/aromatic N) is 1. The molecule has 17 heavy (non-hydrogen) atoms. The molecule has 2 heteroatoms. The van der Waals surface area contributed by atoms with Crippen LogP contribution in [0.2, 0.25) is 0 Å². The van der Waals surface area contributed by atoms with Gasteiger partial charge in [0.1, 0.15) is 0 Å². The van der Waals surface area contributed by atoms with Gasteiger partial charge in [-0.3, -0.25) is 4.90 Å². The van der Waals surface area contributed by atoms with Gasteiger partial charge in [0.2, 0.25) is 0 Å². The maximum absolute atomic E-state index is 3.84. The fraction of sp³-hybridized carbons (Fsp3) is 0.867. The van der Waals surface area contributed by atoms with Crippen molar-refractivity contribution in [3.63, 3.8) is 0 Å². The molecule has 0 rings (SSSR count). The highest BCUT2D eigenvalue weighted by molar-refractivity contribution is 4.78. The first kappa shape index (κ1) is 16.7. The Balaban J connectivity index is 3.81. The van der Waals surface area contributed by atoms with Gasteiger partial charge in [-0.25, -0.2) is 0 Å². The molecule has 0 aliphatic carbocycles. The van der Waals surface area contributed by atoms with Crippen molar-refractivity contribution < 1.29 is 0 Å². The average Bonchev–Trinajstić information content (AvgIpc) is 2.22. The third kappa shape index (κ3) is 9.37. The van der Waals surface area contributed by atoms with Crippen LogP contribution in [0, 0.1) is 0 Å². The van der Waals surface area contributed by atoms with Crippen LogP contribution >= 0.6 is 0 Å². The van der Waals surface area contributed by atoms with Crippen LogP contribution in [0.25, 0.3) is 0 Å². The molecule has 0 heterocycles. The number of rotatable bonds is 9. The van der Waals surface area contributed by atoms with E-state index >= 15 is 0 Å². The third-order valence-corrected chi connectivity index (χ3v) is 2.95. The van der Waals surface area contributed by atoms with E-state index in [1.54, 1.807) is 0 Å². The molecule has 0 fully saturated rings. The largest absolute Gasteiger partial charge is 0.312 e. The Morgan fingerprint density at radius 2 is 2.00 bits per heavy atom. The van der Waals surface area contributed by atoms with Gasteiger partial charge >= 0.3 is 0 Å². The van der Waals surface area contributed by atoms with Crippen molar-refractivity contribution in [1.82, 2.24) is 10.2 Å². The first-order chi connectivity index (χ1) is 7.90. The fourth-order valence-electron chi connectivity index (χ4n) is 1.99. The van der Waals surface area contributed by atoms with Gasteiger partial charge in [0.25, 0.3) is 0 Å². The standard InChI is InChI=1S/C15H32N2/c1-7-12-17(13-8-2)14(3)10-9-11-16-15(4,5)6/h7,14,16H,1,8-13H2,2-6H3. The second-order valence-electron chi connectivity index (χ2n) is 5.95.